The fourth-order valence-corrected chi connectivity index (χ4v) is 2.57. The number of anilines is 1. The van der Waals surface area contributed by atoms with Crippen LogP contribution in [0.25, 0.3) is 0 Å². The molecule has 4 nitrogen and oxygen atoms in total. The molecule has 1 aromatic rings. The molecule has 76 valence electrons. The van der Waals surface area contributed by atoms with Crippen LogP contribution in [0.2, 0.25) is 0 Å². The van der Waals surface area contributed by atoms with Gasteiger partial charge in [-0.05, 0) is 19.8 Å². The first-order valence-corrected chi connectivity index (χ1v) is 5.25. The van der Waals surface area contributed by atoms with Gasteiger partial charge < -0.3 is 5.73 Å². The highest BCUT2D eigenvalue weighted by Gasteiger charge is 2.40. The third kappa shape index (κ3) is 0.945. The van der Waals surface area contributed by atoms with Gasteiger partial charge in [-0.15, -0.1) is 0 Å². The van der Waals surface area contributed by atoms with Gasteiger partial charge in [0.2, 0.25) is 0 Å². The van der Waals surface area contributed by atoms with Crippen LogP contribution in [0.4, 0.5) is 5.82 Å². The van der Waals surface area contributed by atoms with Crippen molar-refractivity contribution < 1.29 is 0 Å². The Balaban J connectivity index is 2.01. The molecular weight excluding hydrogens is 176 g/mol. The molecule has 1 saturated carbocycles. The second kappa shape index (κ2) is 2.51. The number of hydrogen-bond donors (Lipinski definition) is 1. The maximum Gasteiger partial charge on any atom is 0.150 e. The van der Waals surface area contributed by atoms with Crippen molar-refractivity contribution in [2.24, 2.45) is 7.05 Å². The fraction of sp³-hybridized carbons (Fsp3) is 0.700. The lowest BCUT2D eigenvalue weighted by atomic mass is 10.1. The quantitative estimate of drug-likeness (QED) is 0.723. The maximum absolute atomic E-state index is 5.91. The van der Waals surface area contributed by atoms with E-state index >= 15 is 0 Å². The third-order valence-corrected chi connectivity index (χ3v) is 3.50. The maximum atomic E-state index is 5.91. The van der Waals surface area contributed by atoms with E-state index in [9.17, 15) is 0 Å². The van der Waals surface area contributed by atoms with Gasteiger partial charge in [0.1, 0.15) is 0 Å². The number of nitrogens with two attached hydrogens (primary N) is 1. The van der Waals surface area contributed by atoms with Gasteiger partial charge in [0.15, 0.2) is 5.82 Å². The molecule has 0 saturated heterocycles. The minimum absolute atomic E-state index is 0.464. The lowest BCUT2D eigenvalue weighted by Crippen LogP contribution is -2.23. The first-order chi connectivity index (χ1) is 6.68. The molecule has 1 aromatic heterocycles. The fourth-order valence-electron chi connectivity index (χ4n) is 2.57. The molecule has 2 heterocycles. The molecule has 14 heavy (non-hydrogen) atoms. The first-order valence-electron chi connectivity index (χ1n) is 5.25. The lowest BCUT2D eigenvalue weighted by Gasteiger charge is -2.20. The summed E-state index contributed by atoms with van der Waals surface area (Å²) >= 11 is 0. The molecule has 1 aliphatic heterocycles. The van der Waals surface area contributed by atoms with E-state index in [-0.39, 0.29) is 0 Å². The number of aryl methyl sites for hydroxylation is 1. The Kier molecular flexibility index (Phi) is 1.49. The molecule has 0 spiro atoms. The molecule has 1 aliphatic carbocycles. The second-order valence-corrected chi connectivity index (χ2v) is 4.45. The smallest absolute Gasteiger partial charge is 0.150 e. The van der Waals surface area contributed by atoms with Gasteiger partial charge in [-0.3, -0.25) is 9.58 Å². The zero-order valence-corrected chi connectivity index (χ0v) is 8.70. The van der Waals surface area contributed by atoms with Gasteiger partial charge in [0.25, 0.3) is 0 Å². The van der Waals surface area contributed by atoms with Crippen LogP contribution in [-0.4, -0.2) is 20.7 Å². The van der Waals surface area contributed by atoms with Crippen molar-refractivity contribution >= 4 is 5.82 Å². The minimum atomic E-state index is 0.464. The molecule has 0 radical (unpaired) electrons. The van der Waals surface area contributed by atoms with E-state index in [1.807, 2.05) is 11.7 Å². The van der Waals surface area contributed by atoms with Crippen LogP contribution in [0.1, 0.15) is 37.1 Å². The van der Waals surface area contributed by atoms with E-state index in [0.717, 1.165) is 18.4 Å². The van der Waals surface area contributed by atoms with Gasteiger partial charge in [-0.25, -0.2) is 0 Å². The van der Waals surface area contributed by atoms with Crippen molar-refractivity contribution in [1.82, 2.24) is 14.7 Å². The van der Waals surface area contributed by atoms with Crippen molar-refractivity contribution in [3.8, 4) is 0 Å². The van der Waals surface area contributed by atoms with E-state index in [1.165, 1.54) is 24.1 Å². The zero-order valence-electron chi connectivity index (χ0n) is 8.70. The molecule has 2 aliphatic rings. The summed E-state index contributed by atoms with van der Waals surface area (Å²) in [4.78, 5) is 2.54. The molecule has 4 heteroatoms. The molecular formula is C10H16N4. The number of hydrogen-bond acceptors (Lipinski definition) is 3. The summed E-state index contributed by atoms with van der Waals surface area (Å²) in [6.45, 7) is 3.27. The first kappa shape index (κ1) is 8.29. The number of rotatable bonds is 1. The molecule has 2 N–H and O–H groups in total. The molecule has 3 rings (SSSR count). The van der Waals surface area contributed by atoms with Crippen molar-refractivity contribution in [2.45, 2.75) is 38.4 Å². The number of aromatic nitrogens is 2. The van der Waals surface area contributed by atoms with Crippen LogP contribution in [0.5, 0.6) is 0 Å². The SMILES string of the molecule is CC1c2c(N)nn(C)c2CN1C1CC1. The van der Waals surface area contributed by atoms with Gasteiger partial charge in [0.05, 0.1) is 5.69 Å². The van der Waals surface area contributed by atoms with Crippen LogP contribution < -0.4 is 5.73 Å². The van der Waals surface area contributed by atoms with Crippen LogP contribution >= 0.6 is 0 Å². The van der Waals surface area contributed by atoms with E-state index in [0.29, 0.717) is 6.04 Å². The number of nitrogens with zero attached hydrogens (tertiary/aromatic N) is 3. The van der Waals surface area contributed by atoms with E-state index in [1.54, 1.807) is 0 Å². The predicted molar refractivity (Wildman–Crippen MR) is 54.6 cm³/mol. The Labute approximate surface area is 83.7 Å². The molecule has 0 bridgehead atoms. The second-order valence-electron chi connectivity index (χ2n) is 4.45. The van der Waals surface area contributed by atoms with Crippen LogP contribution in [0.15, 0.2) is 0 Å². The predicted octanol–water partition coefficient (Wildman–Crippen LogP) is 1.04. The summed E-state index contributed by atoms with van der Waals surface area (Å²) < 4.78 is 1.93. The standard InChI is InChI=1S/C10H16N4/c1-6-9-8(13(2)12-10(9)11)5-14(6)7-3-4-7/h6-7H,3-5H2,1-2H3,(H2,11,12). The molecule has 1 unspecified atom stereocenters. The zero-order chi connectivity index (χ0) is 9.87. The van der Waals surface area contributed by atoms with Gasteiger partial charge in [-0.1, -0.05) is 0 Å². The largest absolute Gasteiger partial charge is 0.382 e. The Bertz CT molecular complexity index is 378. The average Bonchev–Trinajstić information content (AvgIpc) is 2.84. The summed E-state index contributed by atoms with van der Waals surface area (Å²) in [5, 5.41) is 4.27. The van der Waals surface area contributed by atoms with Crippen molar-refractivity contribution in [1.29, 1.82) is 0 Å². The average molecular weight is 192 g/mol. The highest BCUT2D eigenvalue weighted by Crippen LogP contribution is 2.43. The Morgan fingerprint density at radius 1 is 1.43 bits per heavy atom. The lowest BCUT2D eigenvalue weighted by molar-refractivity contribution is 0.214. The molecule has 0 aromatic carbocycles. The highest BCUT2D eigenvalue weighted by molar-refractivity contribution is 5.47. The van der Waals surface area contributed by atoms with Crippen LogP contribution in [-0.2, 0) is 13.6 Å². The Morgan fingerprint density at radius 3 is 2.71 bits per heavy atom. The van der Waals surface area contributed by atoms with Gasteiger partial charge in [0, 0.05) is 31.2 Å². The normalized spacial score (nSPS) is 26.9. The van der Waals surface area contributed by atoms with Gasteiger partial charge >= 0.3 is 0 Å². The summed E-state index contributed by atoms with van der Waals surface area (Å²) in [7, 11) is 1.98. The van der Waals surface area contributed by atoms with E-state index < -0.39 is 0 Å². The summed E-state index contributed by atoms with van der Waals surface area (Å²) in [6.07, 6.45) is 2.71. The van der Waals surface area contributed by atoms with Crippen molar-refractivity contribution in [2.75, 3.05) is 5.73 Å². The minimum Gasteiger partial charge on any atom is -0.382 e. The molecule has 1 atom stereocenters. The van der Waals surface area contributed by atoms with Gasteiger partial charge in [-0.2, -0.15) is 5.10 Å². The van der Waals surface area contributed by atoms with Crippen LogP contribution in [0.3, 0.4) is 0 Å². The number of nitrogen functional groups attached to an aromatic ring is 1. The summed E-state index contributed by atoms with van der Waals surface area (Å²) in [5.74, 6) is 0.721. The molecule has 1 fully saturated rings. The Hall–Kier alpha value is -1.03. The highest BCUT2D eigenvalue weighted by atomic mass is 15.3. The van der Waals surface area contributed by atoms with Crippen molar-refractivity contribution in [3.05, 3.63) is 11.3 Å². The summed E-state index contributed by atoms with van der Waals surface area (Å²) in [6, 6.07) is 1.27. The van der Waals surface area contributed by atoms with Crippen LogP contribution in [0, 0.1) is 0 Å². The monoisotopic (exact) mass is 192 g/mol. The summed E-state index contributed by atoms with van der Waals surface area (Å²) in [5.41, 5.74) is 8.48. The third-order valence-electron chi connectivity index (χ3n) is 3.50. The topological polar surface area (TPSA) is 47.1 Å². The van der Waals surface area contributed by atoms with E-state index in [2.05, 4.69) is 16.9 Å². The van der Waals surface area contributed by atoms with E-state index in [4.69, 9.17) is 5.73 Å². The number of fused-ring (bicyclic) bond motifs is 1. The molecule has 0 amide bonds. The Morgan fingerprint density at radius 2 is 2.14 bits per heavy atom. The van der Waals surface area contributed by atoms with Crippen molar-refractivity contribution in [3.63, 3.8) is 0 Å².